The molecule has 170 valence electrons. The van der Waals surface area contributed by atoms with Crippen LogP contribution in [0.15, 0.2) is 20.8 Å². The van der Waals surface area contributed by atoms with Gasteiger partial charge in [-0.25, -0.2) is 9.82 Å². The zero-order chi connectivity index (χ0) is 22.6. The van der Waals surface area contributed by atoms with Crippen molar-refractivity contribution in [3.63, 3.8) is 0 Å². The van der Waals surface area contributed by atoms with E-state index < -0.39 is 16.8 Å². The molecular formula is C20H24FN7O3S. The Morgan fingerprint density at radius 2 is 2.16 bits per heavy atom. The van der Waals surface area contributed by atoms with Crippen molar-refractivity contribution < 1.29 is 9.23 Å². The second kappa shape index (κ2) is 7.87. The number of halogens is 1. The summed E-state index contributed by atoms with van der Waals surface area (Å²) >= 11 is 1.14. The Balaban J connectivity index is 1.82. The average Bonchev–Trinajstić information content (AvgIpc) is 3.42. The lowest BCUT2D eigenvalue weighted by Gasteiger charge is -2.23. The number of H-pyrrole nitrogens is 1. The van der Waals surface area contributed by atoms with Crippen LogP contribution in [-0.2, 0) is 4.84 Å². The predicted molar refractivity (Wildman–Crippen MR) is 124 cm³/mol. The van der Waals surface area contributed by atoms with Crippen molar-refractivity contribution in [3.05, 3.63) is 32.5 Å². The van der Waals surface area contributed by atoms with E-state index in [1.807, 2.05) is 9.47 Å². The van der Waals surface area contributed by atoms with Crippen LogP contribution >= 0.6 is 11.5 Å². The third kappa shape index (κ3) is 3.09. The van der Waals surface area contributed by atoms with Crippen LogP contribution < -0.4 is 32.5 Å². The van der Waals surface area contributed by atoms with E-state index in [1.165, 1.54) is 7.11 Å². The maximum absolute atomic E-state index is 15.9. The van der Waals surface area contributed by atoms with E-state index in [2.05, 4.69) is 20.4 Å². The van der Waals surface area contributed by atoms with Gasteiger partial charge in [0.25, 0.3) is 5.56 Å². The summed E-state index contributed by atoms with van der Waals surface area (Å²) < 4.78 is 20.5. The molecule has 5 rings (SSSR count). The van der Waals surface area contributed by atoms with Crippen molar-refractivity contribution >= 4 is 49.7 Å². The molecule has 0 radical (unpaired) electrons. The molecule has 1 saturated heterocycles. The molecule has 2 aliphatic rings. The second-order valence-electron chi connectivity index (χ2n) is 8.08. The van der Waals surface area contributed by atoms with Gasteiger partial charge in [-0.15, -0.1) is 0 Å². The van der Waals surface area contributed by atoms with Crippen molar-refractivity contribution in [2.75, 3.05) is 44.1 Å². The van der Waals surface area contributed by atoms with Crippen LogP contribution in [0, 0.1) is 11.7 Å². The molecule has 0 amide bonds. The summed E-state index contributed by atoms with van der Waals surface area (Å²) in [5.41, 5.74) is 12.2. The molecule has 5 N–H and O–H groups in total. The van der Waals surface area contributed by atoms with Crippen molar-refractivity contribution in [3.8, 4) is 0 Å². The lowest BCUT2D eigenvalue weighted by Crippen LogP contribution is -2.26. The molecule has 32 heavy (non-hydrogen) atoms. The van der Waals surface area contributed by atoms with Crippen molar-refractivity contribution in [1.82, 2.24) is 14.4 Å². The fraction of sp³-hybridized carbons (Fsp3) is 0.450. The molecule has 0 spiro atoms. The van der Waals surface area contributed by atoms with E-state index in [4.69, 9.17) is 10.6 Å². The molecule has 1 aliphatic heterocycles. The lowest BCUT2D eigenvalue weighted by atomic mass is 10.1. The predicted octanol–water partition coefficient (Wildman–Crippen LogP) is 1.32. The monoisotopic (exact) mass is 461 g/mol. The number of nitrogens with zero attached hydrogens (tertiary/aromatic N) is 3. The van der Waals surface area contributed by atoms with Crippen LogP contribution in [0.3, 0.4) is 0 Å². The number of oxime groups is 1. The number of anilines is 2. The van der Waals surface area contributed by atoms with E-state index in [1.54, 1.807) is 13.1 Å². The molecule has 0 bridgehead atoms. The van der Waals surface area contributed by atoms with Crippen LogP contribution in [0.5, 0.6) is 0 Å². The zero-order valence-electron chi connectivity index (χ0n) is 17.7. The standard InChI is InChI=1S/C20H24FN7O3S/c1-23-24-17-14-12(28(10-3-4-10)20-15(18(14)29)19(30)26-32-20)5-13(16(17)21)27-7-9(6-22)11(8-27)25-31-2/h5,9-10,23-24H,3-4,6-8,22H2,1-2H3,(H,26,30)/b25-11+. The normalized spacial score (nSPS) is 20.1. The van der Waals surface area contributed by atoms with Crippen LogP contribution in [0.2, 0.25) is 0 Å². The van der Waals surface area contributed by atoms with Gasteiger partial charge in [0.2, 0.25) is 5.43 Å². The number of hydrazine groups is 1. The highest BCUT2D eigenvalue weighted by Crippen LogP contribution is 2.43. The topological polar surface area (TPSA) is 130 Å². The summed E-state index contributed by atoms with van der Waals surface area (Å²) in [6, 6.07) is 1.87. The number of nitrogens with one attached hydrogen (secondary N) is 3. The molecule has 10 nitrogen and oxygen atoms in total. The number of aromatic amines is 1. The van der Waals surface area contributed by atoms with Gasteiger partial charge in [0.15, 0.2) is 5.82 Å². The van der Waals surface area contributed by atoms with Gasteiger partial charge in [0.1, 0.15) is 23.0 Å². The van der Waals surface area contributed by atoms with E-state index in [0.717, 1.165) is 30.1 Å². The first-order valence-corrected chi connectivity index (χ1v) is 11.2. The van der Waals surface area contributed by atoms with E-state index in [9.17, 15) is 9.59 Å². The average molecular weight is 462 g/mol. The Bertz CT molecular complexity index is 1360. The third-order valence-electron chi connectivity index (χ3n) is 6.10. The highest BCUT2D eigenvalue weighted by Gasteiger charge is 2.34. The summed E-state index contributed by atoms with van der Waals surface area (Å²) in [7, 11) is 3.06. The first kappa shape index (κ1) is 20.9. The van der Waals surface area contributed by atoms with Gasteiger partial charge in [-0.05, 0) is 30.4 Å². The molecule has 12 heteroatoms. The number of hydrogen-bond acceptors (Lipinski definition) is 9. The van der Waals surface area contributed by atoms with Crippen LogP contribution in [0.4, 0.5) is 15.8 Å². The zero-order valence-corrected chi connectivity index (χ0v) is 18.5. The first-order chi connectivity index (χ1) is 15.5. The molecule has 1 saturated carbocycles. The second-order valence-corrected chi connectivity index (χ2v) is 8.87. The number of pyridine rings is 1. The SMILES string of the molecule is CNNc1c(F)c(N2C/C(=N\OC)C(CN)C2)cc2c1c(=O)c1c(=O)[nH]sc1n2C1CC1. The Morgan fingerprint density at radius 3 is 2.81 bits per heavy atom. The van der Waals surface area contributed by atoms with Gasteiger partial charge >= 0.3 is 0 Å². The minimum absolute atomic E-state index is 0.0216. The summed E-state index contributed by atoms with van der Waals surface area (Å²) in [6.45, 7) is 1.21. The molecule has 1 aliphatic carbocycles. The fourth-order valence-corrected chi connectivity index (χ4v) is 5.42. The molecule has 1 unspecified atom stereocenters. The molecule has 1 atom stereocenters. The first-order valence-electron chi connectivity index (χ1n) is 10.4. The minimum Gasteiger partial charge on any atom is -0.399 e. The number of aromatic nitrogens is 2. The van der Waals surface area contributed by atoms with Gasteiger partial charge < -0.3 is 25.5 Å². The molecule has 1 aromatic carbocycles. The molecule has 3 heterocycles. The Labute approximate surface area is 185 Å². The summed E-state index contributed by atoms with van der Waals surface area (Å²) in [5.74, 6) is -0.638. The van der Waals surface area contributed by atoms with Crippen molar-refractivity contribution in [2.45, 2.75) is 18.9 Å². The minimum atomic E-state index is -0.577. The Kier molecular flexibility index (Phi) is 5.14. The fourth-order valence-electron chi connectivity index (χ4n) is 4.49. The highest BCUT2D eigenvalue weighted by atomic mass is 32.1. The van der Waals surface area contributed by atoms with E-state index in [-0.39, 0.29) is 28.4 Å². The largest absolute Gasteiger partial charge is 0.399 e. The van der Waals surface area contributed by atoms with Crippen molar-refractivity contribution in [1.29, 1.82) is 0 Å². The molecular weight excluding hydrogens is 437 g/mol. The van der Waals surface area contributed by atoms with Crippen LogP contribution in [0.25, 0.3) is 21.1 Å². The Morgan fingerprint density at radius 1 is 1.38 bits per heavy atom. The summed E-state index contributed by atoms with van der Waals surface area (Å²) in [5, 5.41) is 4.29. The smallest absolute Gasteiger partial charge is 0.271 e. The van der Waals surface area contributed by atoms with Gasteiger partial charge in [0.05, 0.1) is 28.8 Å². The lowest BCUT2D eigenvalue weighted by molar-refractivity contribution is 0.211. The summed E-state index contributed by atoms with van der Waals surface area (Å²) in [4.78, 5) is 33.1. The number of hydrogen-bond donors (Lipinski definition) is 4. The van der Waals surface area contributed by atoms with Gasteiger partial charge in [-0.3, -0.25) is 14.0 Å². The van der Waals surface area contributed by atoms with Crippen LogP contribution in [0.1, 0.15) is 18.9 Å². The molecule has 2 fully saturated rings. The number of nitrogens with two attached hydrogens (primary N) is 1. The van der Waals surface area contributed by atoms with Crippen molar-refractivity contribution in [2.24, 2.45) is 16.8 Å². The number of benzene rings is 1. The Hall–Kier alpha value is -2.96. The quantitative estimate of drug-likeness (QED) is 0.408. The molecule has 2 aromatic heterocycles. The highest BCUT2D eigenvalue weighted by molar-refractivity contribution is 7.12. The van der Waals surface area contributed by atoms with Gasteiger partial charge in [-0.2, -0.15) is 0 Å². The van der Waals surface area contributed by atoms with E-state index >= 15 is 4.39 Å². The van der Waals surface area contributed by atoms with Gasteiger partial charge in [0, 0.05) is 32.1 Å². The maximum atomic E-state index is 15.9. The molecule has 3 aromatic rings. The third-order valence-corrected chi connectivity index (χ3v) is 6.98. The van der Waals surface area contributed by atoms with Crippen LogP contribution in [-0.4, -0.2) is 48.4 Å². The van der Waals surface area contributed by atoms with E-state index in [0.29, 0.717) is 35.7 Å². The van der Waals surface area contributed by atoms with Gasteiger partial charge in [-0.1, -0.05) is 5.16 Å². The number of rotatable bonds is 6. The maximum Gasteiger partial charge on any atom is 0.271 e. The summed E-state index contributed by atoms with van der Waals surface area (Å²) in [6.07, 6.45) is 1.87. The number of fused-ring (bicyclic) bond motifs is 2.